The third-order valence-corrected chi connectivity index (χ3v) is 4.84. The van der Waals surface area contributed by atoms with Crippen LogP contribution in [0.1, 0.15) is 48.1 Å². The molecule has 0 bridgehead atoms. The summed E-state index contributed by atoms with van der Waals surface area (Å²) in [7, 11) is 0. The highest BCUT2D eigenvalue weighted by Gasteiger charge is 2.51. The van der Waals surface area contributed by atoms with Crippen LogP contribution in [0.4, 0.5) is 0 Å². The Labute approximate surface area is 128 Å². The minimum Gasteiger partial charge on any atom is -0.309 e. The van der Waals surface area contributed by atoms with Crippen LogP contribution in [0.5, 0.6) is 0 Å². The number of benzene rings is 2. The minimum absolute atomic E-state index is 0.288. The summed E-state index contributed by atoms with van der Waals surface area (Å²) < 4.78 is 0. The van der Waals surface area contributed by atoms with Crippen molar-refractivity contribution in [3.05, 3.63) is 70.8 Å². The smallest absolute Gasteiger partial charge is 0.0420 e. The second kappa shape index (κ2) is 5.65. The van der Waals surface area contributed by atoms with Gasteiger partial charge in [-0.05, 0) is 49.9 Å². The summed E-state index contributed by atoms with van der Waals surface area (Å²) in [6.45, 7) is 7.64. The molecular weight excluding hydrogens is 254 g/mol. The number of hydrogen-bond acceptors (Lipinski definition) is 1. The SMILES string of the molecule is CCNC(c1cc(C)ccc1C)C1(c2ccccc2)CC1. The Morgan fingerprint density at radius 3 is 2.38 bits per heavy atom. The highest BCUT2D eigenvalue weighted by molar-refractivity contribution is 5.42. The van der Waals surface area contributed by atoms with E-state index < -0.39 is 0 Å². The second-order valence-corrected chi connectivity index (χ2v) is 6.37. The molecule has 1 nitrogen and oxygen atoms in total. The molecule has 1 aliphatic carbocycles. The van der Waals surface area contributed by atoms with E-state index in [-0.39, 0.29) is 5.41 Å². The van der Waals surface area contributed by atoms with E-state index in [1.807, 2.05) is 0 Å². The normalized spacial score (nSPS) is 17.5. The van der Waals surface area contributed by atoms with E-state index in [0.29, 0.717) is 6.04 Å². The van der Waals surface area contributed by atoms with Gasteiger partial charge in [-0.3, -0.25) is 0 Å². The van der Waals surface area contributed by atoms with Gasteiger partial charge in [-0.25, -0.2) is 0 Å². The van der Waals surface area contributed by atoms with Gasteiger partial charge >= 0.3 is 0 Å². The number of aryl methyl sites for hydroxylation is 2. The lowest BCUT2D eigenvalue weighted by molar-refractivity contribution is 0.437. The van der Waals surface area contributed by atoms with Gasteiger partial charge in [0.05, 0.1) is 0 Å². The fourth-order valence-corrected chi connectivity index (χ4v) is 3.53. The molecule has 1 atom stereocenters. The third kappa shape index (κ3) is 2.63. The van der Waals surface area contributed by atoms with Crippen molar-refractivity contribution in [2.24, 2.45) is 0 Å². The molecule has 0 radical (unpaired) electrons. The van der Waals surface area contributed by atoms with Gasteiger partial charge in [0.25, 0.3) is 0 Å². The molecule has 0 aliphatic heterocycles. The molecule has 3 rings (SSSR count). The first kappa shape index (κ1) is 14.3. The molecule has 0 spiro atoms. The quantitative estimate of drug-likeness (QED) is 0.837. The van der Waals surface area contributed by atoms with E-state index in [4.69, 9.17) is 0 Å². The Hall–Kier alpha value is -1.60. The summed E-state index contributed by atoms with van der Waals surface area (Å²) in [6, 6.07) is 18.3. The van der Waals surface area contributed by atoms with Crippen LogP contribution in [-0.2, 0) is 5.41 Å². The maximum Gasteiger partial charge on any atom is 0.0420 e. The van der Waals surface area contributed by atoms with E-state index in [1.54, 1.807) is 0 Å². The predicted octanol–water partition coefficient (Wildman–Crippen LogP) is 4.69. The first-order valence-corrected chi connectivity index (χ1v) is 8.03. The van der Waals surface area contributed by atoms with Gasteiger partial charge in [0, 0.05) is 11.5 Å². The zero-order chi connectivity index (χ0) is 14.9. The molecule has 1 heteroatoms. The molecule has 0 amide bonds. The van der Waals surface area contributed by atoms with Gasteiger partial charge in [0.2, 0.25) is 0 Å². The van der Waals surface area contributed by atoms with Crippen molar-refractivity contribution >= 4 is 0 Å². The average molecular weight is 279 g/mol. The number of likely N-dealkylation sites (N-methyl/N-ethyl adjacent to an activating group) is 1. The molecule has 1 saturated carbocycles. The Kier molecular flexibility index (Phi) is 3.86. The first-order chi connectivity index (χ1) is 10.2. The highest BCUT2D eigenvalue weighted by atomic mass is 14.9. The molecule has 2 aromatic rings. The summed E-state index contributed by atoms with van der Waals surface area (Å²) in [5.41, 5.74) is 5.99. The fourth-order valence-electron chi connectivity index (χ4n) is 3.53. The lowest BCUT2D eigenvalue weighted by Gasteiger charge is -2.30. The fraction of sp³-hybridized carbons (Fsp3) is 0.400. The molecular formula is C20H25N. The Bertz CT molecular complexity index is 611. The molecule has 0 saturated heterocycles. The molecule has 0 aromatic heterocycles. The van der Waals surface area contributed by atoms with Gasteiger partial charge < -0.3 is 5.32 Å². The molecule has 1 unspecified atom stereocenters. The molecule has 2 aromatic carbocycles. The standard InChI is InChI=1S/C20H25N/c1-4-21-19(18-14-15(2)10-11-16(18)3)20(12-13-20)17-8-6-5-7-9-17/h5-11,14,19,21H,4,12-13H2,1-3H3. The van der Waals surface area contributed by atoms with Crippen molar-refractivity contribution in [2.75, 3.05) is 6.54 Å². The molecule has 1 aliphatic rings. The van der Waals surface area contributed by atoms with Crippen molar-refractivity contribution in [2.45, 2.75) is 45.1 Å². The van der Waals surface area contributed by atoms with Crippen molar-refractivity contribution in [1.29, 1.82) is 0 Å². The van der Waals surface area contributed by atoms with Crippen LogP contribution in [-0.4, -0.2) is 6.54 Å². The Balaban J connectivity index is 2.04. The zero-order valence-corrected chi connectivity index (χ0v) is 13.3. The Morgan fingerprint density at radius 1 is 1.05 bits per heavy atom. The summed E-state index contributed by atoms with van der Waals surface area (Å²) in [4.78, 5) is 0. The van der Waals surface area contributed by atoms with Crippen LogP contribution >= 0.6 is 0 Å². The number of hydrogen-bond donors (Lipinski definition) is 1. The number of nitrogens with one attached hydrogen (secondary N) is 1. The van der Waals surface area contributed by atoms with Crippen LogP contribution in [0, 0.1) is 13.8 Å². The van der Waals surface area contributed by atoms with Crippen LogP contribution in [0.2, 0.25) is 0 Å². The van der Waals surface area contributed by atoms with Crippen LogP contribution in [0.15, 0.2) is 48.5 Å². The molecule has 1 fully saturated rings. The summed E-state index contributed by atoms with van der Waals surface area (Å²) in [5.74, 6) is 0. The predicted molar refractivity (Wildman–Crippen MR) is 89.7 cm³/mol. The van der Waals surface area contributed by atoms with Crippen LogP contribution < -0.4 is 5.32 Å². The number of rotatable bonds is 5. The minimum atomic E-state index is 0.288. The van der Waals surface area contributed by atoms with Crippen LogP contribution in [0.3, 0.4) is 0 Å². The van der Waals surface area contributed by atoms with Crippen molar-refractivity contribution < 1.29 is 0 Å². The first-order valence-electron chi connectivity index (χ1n) is 8.03. The Morgan fingerprint density at radius 2 is 1.76 bits per heavy atom. The third-order valence-electron chi connectivity index (χ3n) is 4.84. The molecule has 0 heterocycles. The molecule has 110 valence electrons. The van der Waals surface area contributed by atoms with Crippen LogP contribution in [0.25, 0.3) is 0 Å². The average Bonchev–Trinajstić information content (AvgIpc) is 3.30. The summed E-state index contributed by atoms with van der Waals surface area (Å²) >= 11 is 0. The second-order valence-electron chi connectivity index (χ2n) is 6.37. The van der Waals surface area contributed by atoms with Gasteiger partial charge in [-0.2, -0.15) is 0 Å². The monoisotopic (exact) mass is 279 g/mol. The van der Waals surface area contributed by atoms with Crippen molar-refractivity contribution in [3.8, 4) is 0 Å². The molecule has 21 heavy (non-hydrogen) atoms. The van der Waals surface area contributed by atoms with Gasteiger partial charge in [-0.15, -0.1) is 0 Å². The summed E-state index contributed by atoms with van der Waals surface area (Å²) in [6.07, 6.45) is 2.56. The van der Waals surface area contributed by atoms with E-state index >= 15 is 0 Å². The zero-order valence-electron chi connectivity index (χ0n) is 13.3. The van der Waals surface area contributed by atoms with Crippen molar-refractivity contribution in [3.63, 3.8) is 0 Å². The lowest BCUT2D eigenvalue weighted by atomic mass is 9.82. The largest absolute Gasteiger partial charge is 0.309 e. The van der Waals surface area contributed by atoms with E-state index in [2.05, 4.69) is 74.6 Å². The van der Waals surface area contributed by atoms with E-state index in [9.17, 15) is 0 Å². The van der Waals surface area contributed by atoms with E-state index in [1.165, 1.54) is 35.1 Å². The molecule has 1 N–H and O–H groups in total. The maximum absolute atomic E-state index is 3.77. The summed E-state index contributed by atoms with van der Waals surface area (Å²) in [5, 5.41) is 3.77. The van der Waals surface area contributed by atoms with Crippen molar-refractivity contribution in [1.82, 2.24) is 5.32 Å². The van der Waals surface area contributed by atoms with Gasteiger partial charge in [-0.1, -0.05) is 61.0 Å². The van der Waals surface area contributed by atoms with E-state index in [0.717, 1.165) is 6.54 Å². The highest BCUT2D eigenvalue weighted by Crippen LogP contribution is 2.56. The lowest BCUT2D eigenvalue weighted by Crippen LogP contribution is -2.32. The van der Waals surface area contributed by atoms with Gasteiger partial charge in [0.1, 0.15) is 0 Å². The maximum atomic E-state index is 3.77. The van der Waals surface area contributed by atoms with Gasteiger partial charge in [0.15, 0.2) is 0 Å². The topological polar surface area (TPSA) is 12.0 Å².